The molecule has 0 amide bonds. The molecule has 0 bridgehead atoms. The third kappa shape index (κ3) is 9.48. The molecule has 0 N–H and O–H groups in total. The molecule has 0 aromatic heterocycles. The van der Waals surface area contributed by atoms with Gasteiger partial charge in [-0.15, -0.1) is 0 Å². The van der Waals surface area contributed by atoms with Crippen molar-refractivity contribution in [1.82, 2.24) is 0 Å². The van der Waals surface area contributed by atoms with Crippen LogP contribution < -0.4 is 0 Å². The van der Waals surface area contributed by atoms with Gasteiger partial charge in [-0.3, -0.25) is 0 Å². The summed E-state index contributed by atoms with van der Waals surface area (Å²) in [5.74, 6) is 0. The van der Waals surface area contributed by atoms with Gasteiger partial charge in [0.15, 0.2) is 0 Å². The first-order valence-electron chi connectivity index (χ1n) is 4.60. The molecular weight excluding hydrogens is 132 g/mol. The van der Waals surface area contributed by atoms with E-state index in [9.17, 15) is 0 Å². The molecule has 0 unspecified atom stereocenters. The van der Waals surface area contributed by atoms with Crippen LogP contribution in [0, 0.1) is 6.08 Å². The molecule has 0 aliphatic carbocycles. The molecule has 0 spiro atoms. The van der Waals surface area contributed by atoms with Crippen molar-refractivity contribution in [3.63, 3.8) is 0 Å². The summed E-state index contributed by atoms with van der Waals surface area (Å²) in [6.07, 6.45) is 14.7. The van der Waals surface area contributed by atoms with Crippen LogP contribution in [-0.2, 0) is 0 Å². The fraction of sp³-hybridized carbons (Fsp3) is 0.636. The van der Waals surface area contributed by atoms with E-state index in [4.69, 9.17) is 0 Å². The average Bonchev–Trinajstić information content (AvgIpc) is 2.03. The van der Waals surface area contributed by atoms with Gasteiger partial charge in [-0.25, -0.2) is 0 Å². The molecule has 0 saturated heterocycles. The highest BCUT2D eigenvalue weighted by Gasteiger charge is 1.85. The first-order valence-corrected chi connectivity index (χ1v) is 4.60. The lowest BCUT2D eigenvalue weighted by Crippen LogP contribution is -1.75. The van der Waals surface area contributed by atoms with Crippen molar-refractivity contribution in [2.24, 2.45) is 0 Å². The highest BCUT2D eigenvalue weighted by molar-refractivity contribution is 4.87. The third-order valence-corrected chi connectivity index (χ3v) is 1.69. The fourth-order valence-electron chi connectivity index (χ4n) is 1.02. The van der Waals surface area contributed by atoms with Gasteiger partial charge in [-0.1, -0.05) is 51.3 Å². The molecular formula is C11H19. The lowest BCUT2D eigenvalue weighted by molar-refractivity contribution is 0.637. The van der Waals surface area contributed by atoms with E-state index in [1.165, 1.54) is 32.1 Å². The van der Waals surface area contributed by atoms with Crippen LogP contribution in [-0.4, -0.2) is 0 Å². The van der Waals surface area contributed by atoms with Crippen molar-refractivity contribution in [2.75, 3.05) is 0 Å². The van der Waals surface area contributed by atoms with E-state index < -0.39 is 0 Å². The van der Waals surface area contributed by atoms with E-state index in [0.29, 0.717) is 0 Å². The quantitative estimate of drug-likeness (QED) is 0.382. The average molecular weight is 151 g/mol. The van der Waals surface area contributed by atoms with Crippen molar-refractivity contribution in [1.29, 1.82) is 0 Å². The maximum absolute atomic E-state index is 3.57. The second-order valence-electron chi connectivity index (χ2n) is 2.78. The van der Waals surface area contributed by atoms with E-state index in [1.807, 2.05) is 0 Å². The second-order valence-corrected chi connectivity index (χ2v) is 2.78. The van der Waals surface area contributed by atoms with Gasteiger partial charge in [0.1, 0.15) is 0 Å². The maximum Gasteiger partial charge on any atom is -0.0233 e. The standard InChI is InChI=1S/C11H19/c1-3-5-7-9-11-10-8-6-4-2/h3,7H,1,4,6,8-11H2,2H3. The van der Waals surface area contributed by atoms with Crippen LogP contribution in [0.2, 0.25) is 0 Å². The van der Waals surface area contributed by atoms with Crippen molar-refractivity contribution in [2.45, 2.75) is 45.4 Å². The van der Waals surface area contributed by atoms with E-state index in [-0.39, 0.29) is 0 Å². The van der Waals surface area contributed by atoms with Gasteiger partial charge in [0.25, 0.3) is 0 Å². The number of hydrogen-bond acceptors (Lipinski definition) is 0. The summed E-state index contributed by atoms with van der Waals surface area (Å²) in [5.41, 5.74) is 0. The predicted octanol–water partition coefficient (Wildman–Crippen LogP) is 3.89. The molecule has 0 fully saturated rings. The van der Waals surface area contributed by atoms with Crippen molar-refractivity contribution >= 4 is 0 Å². The Labute approximate surface area is 71.0 Å². The van der Waals surface area contributed by atoms with Crippen LogP contribution in [0.3, 0.4) is 0 Å². The topological polar surface area (TPSA) is 0 Å². The first kappa shape index (κ1) is 10.5. The fourth-order valence-corrected chi connectivity index (χ4v) is 1.02. The Hall–Kier alpha value is -0.520. The zero-order chi connectivity index (χ0) is 8.36. The number of hydrogen-bond donors (Lipinski definition) is 0. The van der Waals surface area contributed by atoms with Gasteiger partial charge < -0.3 is 0 Å². The van der Waals surface area contributed by atoms with Gasteiger partial charge in [-0.2, -0.15) is 0 Å². The van der Waals surface area contributed by atoms with Crippen molar-refractivity contribution in [3.8, 4) is 0 Å². The van der Waals surface area contributed by atoms with Gasteiger partial charge in [0.05, 0.1) is 0 Å². The molecule has 63 valence electrons. The largest absolute Gasteiger partial charge is 0.0985 e. The minimum atomic E-state index is 1.16. The summed E-state index contributed by atoms with van der Waals surface area (Å²) in [6.45, 7) is 5.81. The Bertz CT molecular complexity index is 101. The molecule has 1 radical (unpaired) electrons. The third-order valence-electron chi connectivity index (χ3n) is 1.69. The first-order chi connectivity index (χ1) is 5.41. The van der Waals surface area contributed by atoms with Gasteiger partial charge in [0, 0.05) is 0 Å². The van der Waals surface area contributed by atoms with Crippen LogP contribution in [0.15, 0.2) is 18.7 Å². The van der Waals surface area contributed by atoms with E-state index in [2.05, 4.69) is 25.7 Å². The SMILES string of the molecule is C=C/[C]=C/CCCCCCC. The molecule has 0 aromatic rings. The highest BCUT2D eigenvalue weighted by Crippen LogP contribution is 2.04. The summed E-state index contributed by atoms with van der Waals surface area (Å²) in [7, 11) is 0. The lowest BCUT2D eigenvalue weighted by atomic mass is 10.1. The molecule has 11 heavy (non-hydrogen) atoms. The van der Waals surface area contributed by atoms with Crippen molar-refractivity contribution in [3.05, 3.63) is 24.8 Å². The minimum absolute atomic E-state index is 1.16. The zero-order valence-electron chi connectivity index (χ0n) is 7.60. The molecule has 0 aromatic carbocycles. The Balaban J connectivity index is 2.90. The van der Waals surface area contributed by atoms with E-state index in [0.717, 1.165) is 6.42 Å². The lowest BCUT2D eigenvalue weighted by Gasteiger charge is -1.94. The van der Waals surface area contributed by atoms with Gasteiger partial charge >= 0.3 is 0 Å². The van der Waals surface area contributed by atoms with E-state index >= 15 is 0 Å². The summed E-state index contributed by atoms with van der Waals surface area (Å²) >= 11 is 0. The van der Waals surface area contributed by atoms with Gasteiger partial charge in [0.2, 0.25) is 0 Å². The smallest absolute Gasteiger partial charge is 0.0233 e. The summed E-state index contributed by atoms with van der Waals surface area (Å²) in [6, 6.07) is 0. The number of rotatable bonds is 7. The molecule has 0 aliphatic rings. The Kier molecular flexibility index (Phi) is 9.03. The molecule has 0 aliphatic heterocycles. The van der Waals surface area contributed by atoms with Crippen LogP contribution in [0.25, 0.3) is 0 Å². The number of unbranched alkanes of at least 4 members (excludes halogenated alkanes) is 5. The highest BCUT2D eigenvalue weighted by atomic mass is 13.9. The minimum Gasteiger partial charge on any atom is -0.0985 e. The van der Waals surface area contributed by atoms with E-state index in [1.54, 1.807) is 6.08 Å². The van der Waals surface area contributed by atoms with Crippen LogP contribution in [0.5, 0.6) is 0 Å². The number of allylic oxidation sites excluding steroid dienone is 3. The summed E-state index contributed by atoms with van der Waals surface area (Å²) in [4.78, 5) is 0. The summed E-state index contributed by atoms with van der Waals surface area (Å²) in [5, 5.41) is 0. The van der Waals surface area contributed by atoms with Crippen molar-refractivity contribution < 1.29 is 0 Å². The predicted molar refractivity (Wildman–Crippen MR) is 51.4 cm³/mol. The Morgan fingerprint density at radius 3 is 2.55 bits per heavy atom. The summed E-state index contributed by atoms with van der Waals surface area (Å²) < 4.78 is 0. The van der Waals surface area contributed by atoms with Gasteiger partial charge in [-0.05, 0) is 18.9 Å². The Morgan fingerprint density at radius 1 is 1.18 bits per heavy atom. The zero-order valence-corrected chi connectivity index (χ0v) is 7.60. The normalized spacial score (nSPS) is 10.6. The monoisotopic (exact) mass is 151 g/mol. The molecule has 0 heteroatoms. The van der Waals surface area contributed by atoms with Crippen LogP contribution >= 0.6 is 0 Å². The van der Waals surface area contributed by atoms with Crippen LogP contribution in [0.1, 0.15) is 45.4 Å². The molecule has 0 rings (SSSR count). The maximum atomic E-state index is 3.57. The molecule has 0 heterocycles. The van der Waals surface area contributed by atoms with Crippen LogP contribution in [0.4, 0.5) is 0 Å². The molecule has 0 atom stereocenters. The second kappa shape index (κ2) is 9.48. The molecule has 0 saturated carbocycles. The Morgan fingerprint density at radius 2 is 1.91 bits per heavy atom. The molecule has 0 nitrogen and oxygen atoms in total.